The van der Waals surface area contributed by atoms with Gasteiger partial charge >= 0.3 is 29.6 Å². The number of aliphatic carboxylic acids is 1. The number of pyridine rings is 1. The Kier molecular flexibility index (Phi) is 5.20. The van der Waals surface area contributed by atoms with E-state index in [-0.39, 0.29) is 46.4 Å². The van der Waals surface area contributed by atoms with Gasteiger partial charge in [0.05, 0.1) is 34.6 Å². The van der Waals surface area contributed by atoms with E-state index in [1.165, 1.54) is 26.1 Å². The number of fused-ring (bicyclic) bond motifs is 1. The number of nitrogens with zero attached hydrogens (tertiary/aromatic N) is 2. The number of carboxylic acid groups (broad SMARTS) is 1. The fourth-order valence-electron chi connectivity index (χ4n) is 3.28. The third-order valence-electron chi connectivity index (χ3n) is 4.61. The van der Waals surface area contributed by atoms with Gasteiger partial charge in [-0.25, -0.2) is 8.42 Å². The number of β-lactam (4-membered cyclic amide) rings is 1. The summed E-state index contributed by atoms with van der Waals surface area (Å²) in [6, 6.07) is 3.24. The molecule has 25 heavy (non-hydrogen) atoms. The minimum absolute atomic E-state index is 0. The fraction of sp³-hybridized carbons (Fsp3) is 0.400. The minimum atomic E-state index is -4.02. The molecule has 2 fully saturated rings. The number of rotatable bonds is 3. The van der Waals surface area contributed by atoms with E-state index in [9.17, 15) is 28.2 Å². The van der Waals surface area contributed by atoms with Gasteiger partial charge in [-0.3, -0.25) is 9.78 Å². The second-order valence-electron chi connectivity index (χ2n) is 6.20. The molecule has 1 aromatic heterocycles. The molecule has 10 heteroatoms. The van der Waals surface area contributed by atoms with Gasteiger partial charge in [-0.05, 0) is 26.0 Å². The van der Waals surface area contributed by atoms with Crippen molar-refractivity contribution < 1.29 is 57.8 Å². The molecule has 0 spiro atoms. The van der Waals surface area contributed by atoms with Crippen LogP contribution < -0.4 is 34.7 Å². The van der Waals surface area contributed by atoms with Crippen LogP contribution in [-0.2, 0) is 19.4 Å². The molecule has 0 bridgehead atoms. The van der Waals surface area contributed by atoms with E-state index in [2.05, 4.69) is 4.98 Å². The number of aliphatic hydroxyl groups is 1. The maximum Gasteiger partial charge on any atom is 1.00 e. The molecule has 2 saturated heterocycles. The minimum Gasteiger partial charge on any atom is -0.548 e. The quantitative estimate of drug-likeness (QED) is 0.320. The van der Waals surface area contributed by atoms with E-state index in [1.807, 2.05) is 0 Å². The first-order valence-corrected chi connectivity index (χ1v) is 8.73. The van der Waals surface area contributed by atoms with Crippen LogP contribution in [0.4, 0.5) is 0 Å². The van der Waals surface area contributed by atoms with Crippen LogP contribution in [0.3, 0.4) is 0 Å². The van der Waals surface area contributed by atoms with Crippen molar-refractivity contribution in [1.29, 1.82) is 0 Å². The molecule has 0 saturated carbocycles. The van der Waals surface area contributed by atoms with Crippen LogP contribution in [-0.4, -0.2) is 58.1 Å². The van der Waals surface area contributed by atoms with E-state index >= 15 is 0 Å². The third kappa shape index (κ3) is 2.57. The number of carbonyl (C=O) groups is 2. The largest absolute Gasteiger partial charge is 1.00 e. The van der Waals surface area contributed by atoms with Gasteiger partial charge < -0.3 is 19.9 Å². The Morgan fingerprint density at radius 3 is 2.52 bits per heavy atom. The van der Waals surface area contributed by atoms with Gasteiger partial charge in [0.25, 0.3) is 5.91 Å². The van der Waals surface area contributed by atoms with Gasteiger partial charge in [0.15, 0.2) is 15.2 Å². The molecular formula is C15H15N2NaO6S. The topological polar surface area (TPSA) is 128 Å². The number of carbonyl (C=O) groups excluding carboxylic acids is 2. The van der Waals surface area contributed by atoms with Gasteiger partial charge in [0.1, 0.15) is 0 Å². The van der Waals surface area contributed by atoms with Crippen LogP contribution in [0.25, 0.3) is 5.57 Å². The molecule has 2 aliphatic rings. The number of aliphatic hydroxyl groups excluding tert-OH is 1. The molecule has 0 aliphatic carbocycles. The number of hydrogen-bond donors (Lipinski definition) is 1. The average Bonchev–Trinajstić information content (AvgIpc) is 2.67. The molecule has 128 valence electrons. The zero-order valence-corrected chi connectivity index (χ0v) is 16.8. The Morgan fingerprint density at radius 2 is 2.04 bits per heavy atom. The molecule has 2 aliphatic heterocycles. The van der Waals surface area contributed by atoms with E-state index in [4.69, 9.17) is 0 Å². The fourth-order valence-corrected chi connectivity index (χ4v) is 5.45. The molecule has 0 radical (unpaired) electrons. The normalized spacial score (nSPS) is 27.8. The Hall–Kier alpha value is -1.26. The zero-order chi connectivity index (χ0) is 17.9. The third-order valence-corrected chi connectivity index (χ3v) is 7.35. The number of amides is 1. The predicted molar refractivity (Wildman–Crippen MR) is 80.7 cm³/mol. The van der Waals surface area contributed by atoms with E-state index in [1.54, 1.807) is 12.1 Å². The summed E-state index contributed by atoms with van der Waals surface area (Å²) < 4.78 is 23.9. The maximum absolute atomic E-state index is 12.8. The van der Waals surface area contributed by atoms with Crippen molar-refractivity contribution in [2.24, 2.45) is 0 Å². The van der Waals surface area contributed by atoms with Crippen molar-refractivity contribution in [3.05, 3.63) is 35.7 Å². The number of sulfone groups is 1. The summed E-state index contributed by atoms with van der Waals surface area (Å²) in [5.41, 5.74) is 0.223. The molecule has 2 atom stereocenters. The molecule has 0 aromatic carbocycles. The number of aromatic nitrogens is 1. The van der Waals surface area contributed by atoms with Gasteiger partial charge in [-0.15, -0.1) is 0 Å². The molecule has 1 N–H and O–H groups in total. The standard InChI is InChI=1S/C15H16N2O6S.Na/c1-15(2)11(14(20)21)17-12(19)10(13(17)24(15,22)23)8(7-18)9-5-3-4-6-16-9;/h3-6,11,13,18H,7H2,1-2H3,(H,20,21);/q;+1/p-1/b10-8-;/t11-,13+;/m0./s1. The van der Waals surface area contributed by atoms with Gasteiger partial charge in [-0.2, -0.15) is 0 Å². The monoisotopic (exact) mass is 374 g/mol. The summed E-state index contributed by atoms with van der Waals surface area (Å²) in [6.45, 7) is 1.92. The maximum atomic E-state index is 12.8. The first-order valence-electron chi connectivity index (χ1n) is 7.18. The van der Waals surface area contributed by atoms with E-state index in [0.717, 1.165) is 4.90 Å². The van der Waals surface area contributed by atoms with Crippen molar-refractivity contribution in [2.45, 2.75) is 30.0 Å². The number of carboxylic acids is 1. The van der Waals surface area contributed by atoms with Crippen LogP contribution in [0.2, 0.25) is 0 Å². The van der Waals surface area contributed by atoms with Crippen LogP contribution in [0.1, 0.15) is 19.5 Å². The van der Waals surface area contributed by atoms with Crippen molar-refractivity contribution in [3.8, 4) is 0 Å². The summed E-state index contributed by atoms with van der Waals surface area (Å²) in [7, 11) is -4.02. The van der Waals surface area contributed by atoms with Gasteiger partial charge in [0.2, 0.25) is 0 Å². The molecule has 3 rings (SSSR count). The van der Waals surface area contributed by atoms with Crippen molar-refractivity contribution in [3.63, 3.8) is 0 Å². The van der Waals surface area contributed by atoms with Crippen LogP contribution in [0, 0.1) is 0 Å². The predicted octanol–water partition coefficient (Wildman–Crippen LogP) is -4.67. The Bertz CT molecular complexity index is 865. The van der Waals surface area contributed by atoms with Crippen LogP contribution in [0.5, 0.6) is 0 Å². The van der Waals surface area contributed by atoms with Crippen molar-refractivity contribution >= 4 is 27.3 Å². The zero-order valence-electron chi connectivity index (χ0n) is 14.0. The van der Waals surface area contributed by atoms with Crippen molar-refractivity contribution in [1.82, 2.24) is 9.88 Å². The summed E-state index contributed by atoms with van der Waals surface area (Å²) >= 11 is 0. The SMILES string of the molecule is CC1(C)[C@H](C(=O)[O-])N2C(=O)/C(=C(\CO)c3ccccn3)[C@H]2S1(=O)=O.[Na+]. The van der Waals surface area contributed by atoms with Gasteiger partial charge in [-0.1, -0.05) is 6.07 Å². The van der Waals surface area contributed by atoms with Crippen LogP contribution in [0.15, 0.2) is 30.0 Å². The summed E-state index contributed by atoms with van der Waals surface area (Å²) in [4.78, 5) is 28.7. The second kappa shape index (κ2) is 6.48. The Morgan fingerprint density at radius 1 is 1.40 bits per heavy atom. The van der Waals surface area contributed by atoms with E-state index < -0.39 is 44.5 Å². The average molecular weight is 374 g/mol. The van der Waals surface area contributed by atoms with Crippen LogP contribution >= 0.6 is 0 Å². The Balaban J connectivity index is 0.00000225. The first-order chi connectivity index (χ1) is 11.2. The van der Waals surface area contributed by atoms with Crippen molar-refractivity contribution in [2.75, 3.05) is 6.61 Å². The Labute approximate surface area is 166 Å². The summed E-state index contributed by atoms with van der Waals surface area (Å²) in [6.07, 6.45) is 1.45. The molecule has 1 amide bonds. The molecule has 3 heterocycles. The molecule has 0 unspecified atom stereocenters. The first kappa shape index (κ1) is 20.1. The second-order valence-corrected chi connectivity index (χ2v) is 8.79. The number of hydrogen-bond acceptors (Lipinski definition) is 7. The summed E-state index contributed by atoms with van der Waals surface area (Å²) in [5, 5.41) is 19.6. The molecular weight excluding hydrogens is 359 g/mol. The molecule has 1 aromatic rings. The molecule has 8 nitrogen and oxygen atoms in total. The van der Waals surface area contributed by atoms with E-state index in [0.29, 0.717) is 0 Å². The summed E-state index contributed by atoms with van der Waals surface area (Å²) in [5.74, 6) is -2.36. The van der Waals surface area contributed by atoms with Gasteiger partial charge in [0, 0.05) is 11.8 Å². The smallest absolute Gasteiger partial charge is 0.548 e.